The summed E-state index contributed by atoms with van der Waals surface area (Å²) < 4.78 is 15.3. The first kappa shape index (κ1) is 27.9. The lowest BCUT2D eigenvalue weighted by Crippen LogP contribution is -2.26. The molecule has 0 fully saturated rings. The quantitative estimate of drug-likeness (QED) is 0.236. The fourth-order valence-corrected chi connectivity index (χ4v) is 4.67. The number of thioether (sulfide) groups is 1. The lowest BCUT2D eigenvalue weighted by molar-refractivity contribution is -0.150. The average Bonchev–Trinajstić information content (AvgIpc) is 3.29. The molecule has 2 aromatic carbocycles. The highest BCUT2D eigenvalue weighted by atomic mass is 32.2. The highest BCUT2D eigenvalue weighted by Crippen LogP contribution is 2.30. The van der Waals surface area contributed by atoms with Crippen molar-refractivity contribution in [3.05, 3.63) is 58.6 Å². The zero-order valence-corrected chi connectivity index (χ0v) is 23.1. The van der Waals surface area contributed by atoms with E-state index in [1.807, 2.05) is 32.9 Å². The van der Waals surface area contributed by atoms with E-state index < -0.39 is 6.10 Å². The topological polar surface area (TPSA) is 61.3 Å². The average molecular weight is 501 g/mol. The SMILES string of the molecule is CC.CCOC(=O)C(C)Oc1ccc(SCc2nc(-c3ccc(C(C)(C)C)cc3)ns2)cc1C. The van der Waals surface area contributed by atoms with E-state index in [1.54, 1.807) is 25.6 Å². The number of esters is 1. The van der Waals surface area contributed by atoms with Gasteiger partial charge in [-0.25, -0.2) is 9.78 Å². The maximum atomic E-state index is 11.8. The van der Waals surface area contributed by atoms with Crippen molar-refractivity contribution in [2.45, 2.75) is 77.6 Å². The molecule has 0 aliphatic heterocycles. The zero-order valence-electron chi connectivity index (χ0n) is 21.5. The van der Waals surface area contributed by atoms with Crippen LogP contribution in [0.4, 0.5) is 0 Å². The molecule has 0 saturated carbocycles. The molecule has 1 unspecified atom stereocenters. The molecular formula is C27H36N2O3S2. The Morgan fingerprint density at radius 1 is 1.12 bits per heavy atom. The molecule has 3 rings (SSSR count). The largest absolute Gasteiger partial charge is 0.479 e. The van der Waals surface area contributed by atoms with Crippen LogP contribution in [0.5, 0.6) is 5.75 Å². The number of rotatable bonds is 8. The first-order chi connectivity index (χ1) is 16.2. The number of aryl methyl sites for hydroxylation is 1. The fraction of sp³-hybridized carbons (Fsp3) is 0.444. The number of hydrogen-bond acceptors (Lipinski definition) is 7. The van der Waals surface area contributed by atoms with Gasteiger partial charge in [-0.15, -0.1) is 11.8 Å². The first-order valence-corrected chi connectivity index (χ1v) is 13.4. The summed E-state index contributed by atoms with van der Waals surface area (Å²) in [6, 6.07) is 14.5. The van der Waals surface area contributed by atoms with Gasteiger partial charge in [0.15, 0.2) is 11.9 Å². The van der Waals surface area contributed by atoms with Crippen LogP contribution in [-0.2, 0) is 20.7 Å². The minimum Gasteiger partial charge on any atom is -0.479 e. The van der Waals surface area contributed by atoms with Crippen LogP contribution >= 0.6 is 23.3 Å². The van der Waals surface area contributed by atoms with E-state index in [0.717, 1.165) is 32.6 Å². The Morgan fingerprint density at radius 3 is 2.38 bits per heavy atom. The number of ether oxygens (including phenoxy) is 2. The van der Waals surface area contributed by atoms with Gasteiger partial charge in [0.05, 0.1) is 12.4 Å². The highest BCUT2D eigenvalue weighted by molar-refractivity contribution is 7.98. The third-order valence-electron chi connectivity index (χ3n) is 4.91. The van der Waals surface area contributed by atoms with Gasteiger partial charge in [-0.3, -0.25) is 0 Å². The van der Waals surface area contributed by atoms with Crippen molar-refractivity contribution < 1.29 is 14.3 Å². The molecule has 0 N–H and O–H groups in total. The molecule has 184 valence electrons. The number of hydrogen-bond donors (Lipinski definition) is 0. The number of aromatic nitrogens is 2. The van der Waals surface area contributed by atoms with Crippen LogP contribution < -0.4 is 4.74 Å². The van der Waals surface area contributed by atoms with Crippen molar-refractivity contribution in [3.8, 4) is 17.1 Å². The van der Waals surface area contributed by atoms with E-state index in [2.05, 4.69) is 55.5 Å². The lowest BCUT2D eigenvalue weighted by atomic mass is 9.87. The number of benzene rings is 2. The van der Waals surface area contributed by atoms with Crippen LogP contribution in [0.3, 0.4) is 0 Å². The molecule has 3 aromatic rings. The van der Waals surface area contributed by atoms with Gasteiger partial charge in [0.25, 0.3) is 0 Å². The summed E-state index contributed by atoms with van der Waals surface area (Å²) in [5, 5.41) is 0.985. The molecule has 0 aliphatic rings. The molecule has 0 amide bonds. The van der Waals surface area contributed by atoms with E-state index in [0.29, 0.717) is 12.4 Å². The van der Waals surface area contributed by atoms with Gasteiger partial charge in [0, 0.05) is 10.5 Å². The van der Waals surface area contributed by atoms with Gasteiger partial charge in [-0.1, -0.05) is 58.9 Å². The van der Waals surface area contributed by atoms with E-state index in [9.17, 15) is 4.79 Å². The highest BCUT2D eigenvalue weighted by Gasteiger charge is 2.17. The van der Waals surface area contributed by atoms with Gasteiger partial charge < -0.3 is 9.47 Å². The predicted molar refractivity (Wildman–Crippen MR) is 143 cm³/mol. The molecule has 0 saturated heterocycles. The zero-order chi connectivity index (χ0) is 25.3. The third-order valence-corrected chi connectivity index (χ3v) is 6.81. The summed E-state index contributed by atoms with van der Waals surface area (Å²) in [7, 11) is 0. The van der Waals surface area contributed by atoms with Crippen LogP contribution in [0.2, 0.25) is 0 Å². The molecule has 1 heterocycles. The second kappa shape index (κ2) is 12.9. The number of nitrogens with zero attached hydrogens (tertiary/aromatic N) is 2. The lowest BCUT2D eigenvalue weighted by Gasteiger charge is -2.18. The van der Waals surface area contributed by atoms with Crippen LogP contribution in [-0.4, -0.2) is 28.0 Å². The van der Waals surface area contributed by atoms with Gasteiger partial charge in [-0.05, 0) is 67.0 Å². The van der Waals surface area contributed by atoms with E-state index in [1.165, 1.54) is 17.1 Å². The minimum atomic E-state index is -0.635. The molecule has 0 radical (unpaired) electrons. The molecule has 7 heteroatoms. The Morgan fingerprint density at radius 2 is 1.79 bits per heavy atom. The normalized spacial score (nSPS) is 11.9. The molecule has 0 bridgehead atoms. The summed E-state index contributed by atoms with van der Waals surface area (Å²) in [6.45, 7) is 16.4. The molecule has 1 atom stereocenters. The number of carbonyl (C=O) groups excluding carboxylic acids is 1. The van der Waals surface area contributed by atoms with Crippen molar-refractivity contribution in [1.29, 1.82) is 0 Å². The van der Waals surface area contributed by atoms with Gasteiger partial charge in [0.1, 0.15) is 10.8 Å². The maximum absolute atomic E-state index is 11.8. The molecular weight excluding hydrogens is 464 g/mol. The van der Waals surface area contributed by atoms with Crippen molar-refractivity contribution in [2.24, 2.45) is 0 Å². The Hall–Kier alpha value is -2.38. The van der Waals surface area contributed by atoms with Gasteiger partial charge >= 0.3 is 5.97 Å². The predicted octanol–water partition coefficient (Wildman–Crippen LogP) is 7.46. The van der Waals surface area contributed by atoms with Crippen LogP contribution in [0.15, 0.2) is 47.4 Å². The Kier molecular flexibility index (Phi) is 10.6. The van der Waals surface area contributed by atoms with Crippen LogP contribution in [0, 0.1) is 6.92 Å². The second-order valence-corrected chi connectivity index (χ2v) is 10.5. The van der Waals surface area contributed by atoms with Crippen molar-refractivity contribution in [2.75, 3.05) is 6.61 Å². The monoisotopic (exact) mass is 500 g/mol. The molecule has 0 spiro atoms. The first-order valence-electron chi connectivity index (χ1n) is 11.7. The molecule has 34 heavy (non-hydrogen) atoms. The standard InChI is InChI=1S/C25H30N2O3S2.C2H6/c1-7-29-24(28)17(3)30-21-13-12-20(14-16(21)2)31-15-22-26-23(27-32-22)18-8-10-19(11-9-18)25(4,5)6;1-2/h8-14,17H,7,15H2,1-6H3;1-2H3. The summed E-state index contributed by atoms with van der Waals surface area (Å²) in [6.07, 6.45) is -0.635. The van der Waals surface area contributed by atoms with Gasteiger partial charge in [0.2, 0.25) is 0 Å². The molecule has 0 aliphatic carbocycles. The third kappa shape index (κ3) is 7.84. The summed E-state index contributed by atoms with van der Waals surface area (Å²) in [4.78, 5) is 17.6. The molecule has 1 aromatic heterocycles. The summed E-state index contributed by atoms with van der Waals surface area (Å²) >= 11 is 3.14. The van der Waals surface area contributed by atoms with Crippen LogP contribution in [0.25, 0.3) is 11.4 Å². The van der Waals surface area contributed by atoms with Crippen molar-refractivity contribution in [3.63, 3.8) is 0 Å². The van der Waals surface area contributed by atoms with E-state index in [4.69, 9.17) is 14.5 Å². The van der Waals surface area contributed by atoms with Crippen molar-refractivity contribution in [1.82, 2.24) is 9.36 Å². The smallest absolute Gasteiger partial charge is 0.347 e. The fourth-order valence-electron chi connectivity index (χ4n) is 3.04. The van der Waals surface area contributed by atoms with E-state index >= 15 is 0 Å². The maximum Gasteiger partial charge on any atom is 0.347 e. The van der Waals surface area contributed by atoms with E-state index in [-0.39, 0.29) is 11.4 Å². The number of carbonyl (C=O) groups is 1. The second-order valence-electron chi connectivity index (χ2n) is 8.57. The minimum absolute atomic E-state index is 0.130. The Balaban J connectivity index is 0.00000199. The Labute approximate surface area is 212 Å². The van der Waals surface area contributed by atoms with Crippen LogP contribution in [0.1, 0.15) is 64.6 Å². The van der Waals surface area contributed by atoms with Crippen molar-refractivity contribution >= 4 is 29.3 Å². The summed E-state index contributed by atoms with van der Waals surface area (Å²) in [5.74, 6) is 1.85. The molecule has 5 nitrogen and oxygen atoms in total. The Bertz CT molecular complexity index is 1060. The van der Waals surface area contributed by atoms with Gasteiger partial charge in [-0.2, -0.15) is 4.37 Å². The summed E-state index contributed by atoms with van der Waals surface area (Å²) in [5.41, 5.74) is 3.44.